The maximum atomic E-state index is 12.4. The van der Waals surface area contributed by atoms with E-state index in [1.165, 1.54) is 29.9 Å². The van der Waals surface area contributed by atoms with Crippen molar-refractivity contribution in [3.05, 3.63) is 63.6 Å². The highest BCUT2D eigenvalue weighted by molar-refractivity contribution is 7.89. The number of esters is 1. The first-order chi connectivity index (χ1) is 11.3. The molecule has 0 fully saturated rings. The van der Waals surface area contributed by atoms with Gasteiger partial charge in [-0.3, -0.25) is 4.79 Å². The van der Waals surface area contributed by atoms with Crippen LogP contribution in [0.15, 0.2) is 46.1 Å². The van der Waals surface area contributed by atoms with Gasteiger partial charge in [0.15, 0.2) is 0 Å². The van der Waals surface area contributed by atoms with Crippen LogP contribution in [-0.4, -0.2) is 26.1 Å². The Bertz CT molecular complexity index is 917. The molecule has 1 heterocycles. The summed E-state index contributed by atoms with van der Waals surface area (Å²) in [6.45, 7) is 1.36. The Morgan fingerprint density at radius 3 is 2.46 bits per heavy atom. The van der Waals surface area contributed by atoms with E-state index in [9.17, 15) is 18.0 Å². The Hall–Kier alpha value is -2.45. The fourth-order valence-corrected chi connectivity index (χ4v) is 3.20. The number of aryl methyl sites for hydroxylation is 1. The molecular weight excluding hydrogens is 332 g/mol. The summed E-state index contributed by atoms with van der Waals surface area (Å²) in [7, 11) is -1.05. The number of benzene rings is 1. The molecule has 0 atom stereocenters. The lowest BCUT2D eigenvalue weighted by Gasteiger charge is -2.13. The number of pyridine rings is 1. The molecule has 0 aliphatic carbocycles. The first kappa shape index (κ1) is 17.9. The minimum Gasteiger partial charge on any atom is -0.465 e. The van der Waals surface area contributed by atoms with E-state index in [1.807, 2.05) is 0 Å². The average Bonchev–Trinajstić information content (AvgIpc) is 2.58. The molecule has 1 aromatic heterocycles. The van der Waals surface area contributed by atoms with Gasteiger partial charge in [0.1, 0.15) is 0 Å². The molecule has 128 valence electrons. The number of methoxy groups -OCH3 is 1. The van der Waals surface area contributed by atoms with Gasteiger partial charge in [0.05, 0.1) is 17.6 Å². The maximum Gasteiger partial charge on any atom is 0.338 e. The lowest BCUT2D eigenvalue weighted by atomic mass is 10.1. The molecule has 0 amide bonds. The third kappa shape index (κ3) is 3.55. The number of carbonyl (C=O) groups is 1. The molecule has 2 rings (SSSR count). The lowest BCUT2D eigenvalue weighted by Crippen LogP contribution is -2.32. The van der Waals surface area contributed by atoms with Crippen LogP contribution in [0.5, 0.6) is 0 Å². The second-order valence-electron chi connectivity index (χ2n) is 5.17. The van der Waals surface area contributed by atoms with Crippen molar-refractivity contribution in [3.63, 3.8) is 0 Å². The summed E-state index contributed by atoms with van der Waals surface area (Å²) in [6, 6.07) is 9.27. The Balaban J connectivity index is 2.41. The lowest BCUT2D eigenvalue weighted by molar-refractivity contribution is 0.0598. The number of hydrogen-bond donors (Lipinski definition) is 1. The minimum atomic E-state index is -3.80. The highest BCUT2D eigenvalue weighted by Gasteiger charge is 2.20. The fraction of sp³-hybridized carbons (Fsp3) is 0.250. The third-order valence-corrected chi connectivity index (χ3v) is 5.09. The molecule has 0 aliphatic rings. The first-order valence-corrected chi connectivity index (χ1v) is 8.58. The number of aromatic nitrogens is 1. The second-order valence-corrected chi connectivity index (χ2v) is 6.94. The average molecular weight is 350 g/mol. The summed E-state index contributed by atoms with van der Waals surface area (Å²) >= 11 is 0. The molecule has 2 aromatic rings. The number of sulfonamides is 1. The standard InChI is InChI=1S/C16H18N2O5S/c1-11-9-13(16(20)23-3)14(15(19)18(11)2)10-17-24(21,22)12-7-5-4-6-8-12/h4-9,17H,10H2,1-3H3. The zero-order chi connectivity index (χ0) is 17.9. The normalized spacial score (nSPS) is 11.3. The van der Waals surface area contributed by atoms with E-state index in [0.29, 0.717) is 5.69 Å². The van der Waals surface area contributed by atoms with Crippen molar-refractivity contribution < 1.29 is 17.9 Å². The molecule has 0 radical (unpaired) electrons. The Morgan fingerprint density at radius 2 is 1.88 bits per heavy atom. The van der Waals surface area contributed by atoms with Crippen molar-refractivity contribution in [1.82, 2.24) is 9.29 Å². The third-order valence-electron chi connectivity index (χ3n) is 3.67. The number of hydrogen-bond acceptors (Lipinski definition) is 5. The van der Waals surface area contributed by atoms with Crippen LogP contribution in [0.1, 0.15) is 21.6 Å². The van der Waals surface area contributed by atoms with E-state index in [0.717, 1.165) is 0 Å². The number of rotatable bonds is 5. The molecule has 0 saturated carbocycles. The maximum absolute atomic E-state index is 12.4. The van der Waals surface area contributed by atoms with Crippen LogP contribution in [0.25, 0.3) is 0 Å². The fourth-order valence-electron chi connectivity index (χ4n) is 2.18. The molecule has 1 N–H and O–H groups in total. The minimum absolute atomic E-state index is 0.0365. The van der Waals surface area contributed by atoms with E-state index >= 15 is 0 Å². The summed E-state index contributed by atoms with van der Waals surface area (Å²) < 4.78 is 32.9. The zero-order valence-corrected chi connectivity index (χ0v) is 14.4. The summed E-state index contributed by atoms with van der Waals surface area (Å²) in [6.07, 6.45) is 0. The van der Waals surface area contributed by atoms with E-state index < -0.39 is 21.6 Å². The van der Waals surface area contributed by atoms with Gasteiger partial charge in [-0.05, 0) is 25.1 Å². The van der Waals surface area contributed by atoms with E-state index in [-0.39, 0.29) is 22.6 Å². The van der Waals surface area contributed by atoms with Crippen molar-refractivity contribution >= 4 is 16.0 Å². The van der Waals surface area contributed by atoms with Gasteiger partial charge in [0.25, 0.3) is 5.56 Å². The zero-order valence-electron chi connectivity index (χ0n) is 13.6. The Kier molecular flexibility index (Phi) is 5.20. The predicted octanol–water partition coefficient (Wildman–Crippen LogP) is 0.959. The van der Waals surface area contributed by atoms with Crippen LogP contribution in [0.3, 0.4) is 0 Å². The van der Waals surface area contributed by atoms with Gasteiger partial charge in [-0.25, -0.2) is 17.9 Å². The van der Waals surface area contributed by atoms with Crippen molar-refractivity contribution in [3.8, 4) is 0 Å². The van der Waals surface area contributed by atoms with Crippen molar-refractivity contribution in [2.45, 2.75) is 18.4 Å². The van der Waals surface area contributed by atoms with Gasteiger partial charge in [0.2, 0.25) is 10.0 Å². The topological polar surface area (TPSA) is 94.5 Å². The second kappa shape index (κ2) is 6.98. The molecule has 0 spiro atoms. The molecule has 0 aliphatic heterocycles. The summed E-state index contributed by atoms with van der Waals surface area (Å²) in [4.78, 5) is 24.4. The van der Waals surface area contributed by atoms with E-state index in [1.54, 1.807) is 32.2 Å². The molecule has 7 nitrogen and oxygen atoms in total. The van der Waals surface area contributed by atoms with Gasteiger partial charge >= 0.3 is 5.97 Å². The summed E-state index contributed by atoms with van der Waals surface area (Å²) in [5.74, 6) is -0.690. The number of ether oxygens (including phenoxy) is 1. The molecule has 0 bridgehead atoms. The van der Waals surface area contributed by atoms with Gasteiger partial charge in [0, 0.05) is 24.8 Å². The monoisotopic (exact) mass is 350 g/mol. The Labute approximate surface area is 139 Å². The molecule has 8 heteroatoms. The summed E-state index contributed by atoms with van der Waals surface area (Å²) in [5, 5.41) is 0. The number of carbonyl (C=O) groups excluding carboxylic acids is 1. The van der Waals surface area contributed by atoms with Crippen molar-refractivity contribution in [1.29, 1.82) is 0 Å². The quantitative estimate of drug-likeness (QED) is 0.811. The number of nitrogens with zero attached hydrogens (tertiary/aromatic N) is 1. The molecular formula is C16H18N2O5S. The van der Waals surface area contributed by atoms with Crippen LogP contribution in [0.2, 0.25) is 0 Å². The molecule has 0 unspecified atom stereocenters. The van der Waals surface area contributed by atoms with Crippen LogP contribution < -0.4 is 10.3 Å². The van der Waals surface area contributed by atoms with Crippen molar-refractivity contribution in [2.75, 3.05) is 7.11 Å². The smallest absolute Gasteiger partial charge is 0.338 e. The number of nitrogens with one attached hydrogen (secondary N) is 1. The highest BCUT2D eigenvalue weighted by atomic mass is 32.2. The van der Waals surface area contributed by atoms with Crippen LogP contribution in [0, 0.1) is 6.92 Å². The highest BCUT2D eigenvalue weighted by Crippen LogP contribution is 2.12. The van der Waals surface area contributed by atoms with Gasteiger partial charge in [-0.2, -0.15) is 0 Å². The summed E-state index contributed by atoms with van der Waals surface area (Å²) in [5.41, 5.74) is 0.199. The van der Waals surface area contributed by atoms with Gasteiger partial charge in [-0.1, -0.05) is 18.2 Å². The van der Waals surface area contributed by atoms with E-state index in [4.69, 9.17) is 0 Å². The molecule has 0 saturated heterocycles. The first-order valence-electron chi connectivity index (χ1n) is 7.10. The SMILES string of the molecule is COC(=O)c1cc(C)n(C)c(=O)c1CNS(=O)(=O)c1ccccc1. The Morgan fingerprint density at radius 1 is 1.25 bits per heavy atom. The van der Waals surface area contributed by atoms with Crippen LogP contribution in [0.4, 0.5) is 0 Å². The van der Waals surface area contributed by atoms with Gasteiger partial charge < -0.3 is 9.30 Å². The van der Waals surface area contributed by atoms with Gasteiger partial charge in [-0.15, -0.1) is 0 Å². The van der Waals surface area contributed by atoms with Crippen molar-refractivity contribution in [2.24, 2.45) is 7.05 Å². The largest absolute Gasteiger partial charge is 0.465 e. The molecule has 1 aromatic carbocycles. The molecule has 24 heavy (non-hydrogen) atoms. The van der Waals surface area contributed by atoms with Crippen LogP contribution >= 0.6 is 0 Å². The van der Waals surface area contributed by atoms with Crippen LogP contribution in [-0.2, 0) is 28.4 Å². The predicted molar refractivity (Wildman–Crippen MR) is 88.2 cm³/mol. The van der Waals surface area contributed by atoms with E-state index in [2.05, 4.69) is 9.46 Å².